The van der Waals surface area contributed by atoms with Crippen molar-refractivity contribution in [3.8, 4) is 0 Å². The molecule has 0 aromatic heterocycles. The summed E-state index contributed by atoms with van der Waals surface area (Å²) in [6.07, 6.45) is 6.38. The molecule has 1 heterocycles. The quantitative estimate of drug-likeness (QED) is 0.562. The molecule has 0 saturated heterocycles. The van der Waals surface area contributed by atoms with Gasteiger partial charge in [-0.05, 0) is 19.3 Å². The number of carboxylic acid groups (broad SMARTS) is 1. The summed E-state index contributed by atoms with van der Waals surface area (Å²) in [4.78, 5) is 31.3. The Bertz CT molecular complexity index is 334. The molecule has 5 heteroatoms. The third kappa shape index (κ3) is 7.60. The molecule has 0 aliphatic carbocycles. The van der Waals surface area contributed by atoms with E-state index in [1.165, 1.54) is 6.08 Å². The van der Waals surface area contributed by atoms with Crippen LogP contribution in [-0.4, -0.2) is 22.9 Å². The summed E-state index contributed by atoms with van der Waals surface area (Å²) in [7, 11) is 0. The Balaban J connectivity index is 0.000000411. The number of carbonyl (C=O) groups excluding carboxylic acids is 2. The van der Waals surface area contributed by atoms with Crippen LogP contribution in [0.15, 0.2) is 11.6 Å². The van der Waals surface area contributed by atoms with Gasteiger partial charge in [0.25, 0.3) is 11.8 Å². The first-order valence-corrected chi connectivity index (χ1v) is 6.28. The van der Waals surface area contributed by atoms with Gasteiger partial charge < -0.3 is 5.11 Å². The highest BCUT2D eigenvalue weighted by atomic mass is 16.4. The highest BCUT2D eigenvalue weighted by Gasteiger charge is 2.19. The van der Waals surface area contributed by atoms with E-state index in [0.29, 0.717) is 12.0 Å². The van der Waals surface area contributed by atoms with Crippen LogP contribution in [0.5, 0.6) is 0 Å². The average Bonchev–Trinajstić information content (AvgIpc) is 2.58. The average molecular weight is 255 g/mol. The van der Waals surface area contributed by atoms with E-state index in [0.717, 1.165) is 32.1 Å². The molecule has 0 unspecified atom stereocenters. The van der Waals surface area contributed by atoms with Crippen molar-refractivity contribution in [3.05, 3.63) is 11.6 Å². The Hall–Kier alpha value is -1.65. The van der Waals surface area contributed by atoms with Gasteiger partial charge in [0.2, 0.25) is 0 Å². The molecule has 0 aromatic rings. The van der Waals surface area contributed by atoms with E-state index in [-0.39, 0.29) is 11.8 Å². The number of aliphatic carboxylic acids is 1. The fourth-order valence-corrected chi connectivity index (χ4v) is 1.42. The Morgan fingerprint density at radius 1 is 1.22 bits per heavy atom. The lowest BCUT2D eigenvalue weighted by atomic mass is 10.1. The summed E-state index contributed by atoms with van der Waals surface area (Å²) in [5.74, 6) is -1.19. The minimum absolute atomic E-state index is 0.212. The van der Waals surface area contributed by atoms with Crippen LogP contribution in [0.25, 0.3) is 0 Å². The molecular formula is C13H21NO4. The molecule has 102 valence electrons. The molecule has 0 saturated carbocycles. The Labute approximate surface area is 107 Å². The summed E-state index contributed by atoms with van der Waals surface area (Å²) < 4.78 is 0. The lowest BCUT2D eigenvalue weighted by molar-refractivity contribution is -0.137. The van der Waals surface area contributed by atoms with Crippen molar-refractivity contribution >= 4 is 17.8 Å². The van der Waals surface area contributed by atoms with Crippen LogP contribution in [0, 0.1) is 0 Å². The van der Waals surface area contributed by atoms with Gasteiger partial charge in [0.15, 0.2) is 0 Å². The Morgan fingerprint density at radius 3 is 2.22 bits per heavy atom. The molecule has 0 aromatic carbocycles. The van der Waals surface area contributed by atoms with E-state index in [1.54, 1.807) is 0 Å². The van der Waals surface area contributed by atoms with E-state index >= 15 is 0 Å². The number of carboxylic acids is 1. The van der Waals surface area contributed by atoms with Crippen molar-refractivity contribution in [1.82, 2.24) is 5.32 Å². The van der Waals surface area contributed by atoms with Crippen LogP contribution in [0.1, 0.15) is 52.4 Å². The molecule has 0 spiro atoms. The standard InChI is InChI=1S/C9H13NO2.C4H8O2/c1-2-3-4-5-7-6-8(11)10-9(7)12;1-2-3-4(5)6/h6H,2-5H2,1H3,(H,10,11,12);2-3H2,1H3,(H,5,6). The number of rotatable bonds is 6. The van der Waals surface area contributed by atoms with Gasteiger partial charge in [-0.2, -0.15) is 0 Å². The summed E-state index contributed by atoms with van der Waals surface area (Å²) >= 11 is 0. The molecular weight excluding hydrogens is 234 g/mol. The zero-order valence-electron chi connectivity index (χ0n) is 11.0. The first kappa shape index (κ1) is 16.4. The lowest BCUT2D eigenvalue weighted by Gasteiger charge is -1.97. The van der Waals surface area contributed by atoms with Gasteiger partial charge in [-0.1, -0.05) is 26.7 Å². The third-order valence-electron chi connectivity index (χ3n) is 2.35. The fourth-order valence-electron chi connectivity index (χ4n) is 1.42. The minimum Gasteiger partial charge on any atom is -0.481 e. The number of imide groups is 1. The van der Waals surface area contributed by atoms with E-state index in [4.69, 9.17) is 5.11 Å². The first-order chi connectivity index (χ1) is 8.51. The number of amides is 2. The van der Waals surface area contributed by atoms with Crippen molar-refractivity contribution < 1.29 is 19.5 Å². The van der Waals surface area contributed by atoms with E-state index in [2.05, 4.69) is 12.2 Å². The zero-order valence-corrected chi connectivity index (χ0v) is 11.0. The topological polar surface area (TPSA) is 83.5 Å². The fraction of sp³-hybridized carbons (Fsp3) is 0.615. The highest BCUT2D eigenvalue weighted by Crippen LogP contribution is 2.12. The molecule has 1 aliphatic heterocycles. The normalized spacial score (nSPS) is 13.6. The van der Waals surface area contributed by atoms with Crippen LogP contribution < -0.4 is 5.32 Å². The largest absolute Gasteiger partial charge is 0.481 e. The predicted octanol–water partition coefficient (Wildman–Crippen LogP) is 2.02. The van der Waals surface area contributed by atoms with Crippen molar-refractivity contribution in [3.63, 3.8) is 0 Å². The number of nitrogens with one attached hydrogen (secondary N) is 1. The van der Waals surface area contributed by atoms with Gasteiger partial charge in [0.1, 0.15) is 0 Å². The van der Waals surface area contributed by atoms with Crippen molar-refractivity contribution in [2.75, 3.05) is 0 Å². The van der Waals surface area contributed by atoms with Crippen molar-refractivity contribution in [2.24, 2.45) is 0 Å². The molecule has 2 N–H and O–H groups in total. The van der Waals surface area contributed by atoms with E-state index in [9.17, 15) is 14.4 Å². The Morgan fingerprint density at radius 2 is 1.89 bits per heavy atom. The predicted molar refractivity (Wildman–Crippen MR) is 67.9 cm³/mol. The molecule has 2 amide bonds. The second-order valence-electron chi connectivity index (χ2n) is 4.09. The summed E-state index contributed by atoms with van der Waals surface area (Å²) in [6, 6.07) is 0. The smallest absolute Gasteiger partial charge is 0.303 e. The zero-order chi connectivity index (χ0) is 14.0. The second-order valence-corrected chi connectivity index (χ2v) is 4.09. The van der Waals surface area contributed by atoms with Gasteiger partial charge >= 0.3 is 5.97 Å². The van der Waals surface area contributed by atoms with Crippen molar-refractivity contribution in [1.29, 1.82) is 0 Å². The van der Waals surface area contributed by atoms with Gasteiger partial charge in [-0.3, -0.25) is 19.7 Å². The lowest BCUT2D eigenvalue weighted by Crippen LogP contribution is -2.22. The van der Waals surface area contributed by atoms with Gasteiger partial charge in [0.05, 0.1) is 0 Å². The SMILES string of the molecule is CCCC(=O)O.CCCCCC1=CC(=O)NC1=O. The third-order valence-corrected chi connectivity index (χ3v) is 2.35. The molecule has 0 atom stereocenters. The van der Waals surface area contributed by atoms with E-state index < -0.39 is 5.97 Å². The summed E-state index contributed by atoms with van der Waals surface area (Å²) in [5.41, 5.74) is 0.633. The molecule has 1 rings (SSSR count). The maximum Gasteiger partial charge on any atom is 0.303 e. The first-order valence-electron chi connectivity index (χ1n) is 6.28. The molecule has 1 aliphatic rings. The molecule has 5 nitrogen and oxygen atoms in total. The molecule has 0 fully saturated rings. The van der Waals surface area contributed by atoms with Crippen LogP contribution in [0.4, 0.5) is 0 Å². The second kappa shape index (κ2) is 9.39. The van der Waals surface area contributed by atoms with Gasteiger partial charge in [0, 0.05) is 18.1 Å². The van der Waals surface area contributed by atoms with Gasteiger partial charge in [-0.15, -0.1) is 0 Å². The van der Waals surface area contributed by atoms with Crippen LogP contribution in [-0.2, 0) is 14.4 Å². The van der Waals surface area contributed by atoms with E-state index in [1.807, 2.05) is 6.92 Å². The Kier molecular flexibility index (Phi) is 8.53. The maximum atomic E-state index is 11.0. The highest BCUT2D eigenvalue weighted by molar-refractivity contribution is 6.16. The molecule has 18 heavy (non-hydrogen) atoms. The number of carbonyl (C=O) groups is 3. The monoisotopic (exact) mass is 255 g/mol. The number of unbranched alkanes of at least 4 members (excludes halogenated alkanes) is 2. The van der Waals surface area contributed by atoms with Crippen LogP contribution in [0.3, 0.4) is 0 Å². The molecule has 0 bridgehead atoms. The summed E-state index contributed by atoms with van der Waals surface area (Å²) in [5, 5.41) is 10.1. The van der Waals surface area contributed by atoms with Crippen LogP contribution >= 0.6 is 0 Å². The summed E-state index contributed by atoms with van der Waals surface area (Å²) in [6.45, 7) is 3.95. The minimum atomic E-state index is -0.711. The van der Waals surface area contributed by atoms with Crippen molar-refractivity contribution in [2.45, 2.75) is 52.4 Å². The number of hydrogen-bond acceptors (Lipinski definition) is 3. The maximum absolute atomic E-state index is 11.0. The van der Waals surface area contributed by atoms with Crippen LogP contribution in [0.2, 0.25) is 0 Å². The van der Waals surface area contributed by atoms with Gasteiger partial charge in [-0.25, -0.2) is 0 Å². The molecule has 0 radical (unpaired) electrons. The number of hydrogen-bond donors (Lipinski definition) is 2.